The van der Waals surface area contributed by atoms with Gasteiger partial charge in [-0.25, -0.2) is 0 Å². The predicted octanol–water partition coefficient (Wildman–Crippen LogP) is 1.76. The fourth-order valence-electron chi connectivity index (χ4n) is 4.04. The Morgan fingerprint density at radius 3 is 2.26 bits per heavy atom. The van der Waals surface area contributed by atoms with Crippen molar-refractivity contribution >= 4 is 0 Å². The molecule has 3 fully saturated rings. The van der Waals surface area contributed by atoms with E-state index in [1.54, 1.807) is 0 Å². The summed E-state index contributed by atoms with van der Waals surface area (Å²) in [5, 5.41) is 10.2. The van der Waals surface area contributed by atoms with Crippen molar-refractivity contribution in [2.75, 3.05) is 26.3 Å². The van der Waals surface area contributed by atoms with Gasteiger partial charge in [-0.05, 0) is 45.7 Å². The summed E-state index contributed by atoms with van der Waals surface area (Å²) in [5.74, 6) is 0.157. The van der Waals surface area contributed by atoms with E-state index in [1.807, 2.05) is 0 Å². The lowest BCUT2D eigenvalue weighted by Crippen LogP contribution is -2.51. The van der Waals surface area contributed by atoms with Crippen LogP contribution in [0, 0.1) is 5.92 Å². The Labute approximate surface area is 116 Å². The molecule has 2 saturated heterocycles. The Hall–Kier alpha value is -0.160. The van der Waals surface area contributed by atoms with E-state index >= 15 is 0 Å². The first kappa shape index (κ1) is 13.8. The molecule has 4 nitrogen and oxygen atoms in total. The second kappa shape index (κ2) is 5.68. The summed E-state index contributed by atoms with van der Waals surface area (Å²) in [6, 6.07) is 0.396. The Morgan fingerprint density at radius 2 is 1.63 bits per heavy atom. The van der Waals surface area contributed by atoms with Gasteiger partial charge in [-0.2, -0.15) is 0 Å². The third-order valence-corrected chi connectivity index (χ3v) is 5.29. The van der Waals surface area contributed by atoms with Crippen LogP contribution in [0.15, 0.2) is 0 Å². The zero-order chi connectivity index (χ0) is 13.3. The van der Waals surface area contributed by atoms with E-state index in [0.29, 0.717) is 12.0 Å². The summed E-state index contributed by atoms with van der Waals surface area (Å²) >= 11 is 0. The quantitative estimate of drug-likeness (QED) is 0.829. The number of nitrogens with zero attached hydrogens (tertiary/aromatic N) is 1. The highest BCUT2D eigenvalue weighted by Gasteiger charge is 2.42. The van der Waals surface area contributed by atoms with Crippen LogP contribution in [-0.4, -0.2) is 54.2 Å². The van der Waals surface area contributed by atoms with Crippen molar-refractivity contribution in [3.8, 4) is 0 Å². The van der Waals surface area contributed by atoms with Gasteiger partial charge in [0.25, 0.3) is 0 Å². The van der Waals surface area contributed by atoms with Gasteiger partial charge in [-0.1, -0.05) is 12.8 Å². The summed E-state index contributed by atoms with van der Waals surface area (Å²) in [6.07, 6.45) is 6.74. The molecule has 0 aromatic rings. The number of ether oxygens (including phenoxy) is 2. The highest BCUT2D eigenvalue weighted by molar-refractivity contribution is 4.89. The lowest BCUT2D eigenvalue weighted by atomic mass is 9.85. The van der Waals surface area contributed by atoms with Crippen molar-refractivity contribution in [1.82, 2.24) is 4.90 Å². The van der Waals surface area contributed by atoms with Gasteiger partial charge in [0.15, 0.2) is 5.79 Å². The molecule has 4 heteroatoms. The second-order valence-corrected chi connectivity index (χ2v) is 6.44. The standard InChI is InChI=1S/C15H27NO3/c1-15(18-10-11-19-15)12-6-8-16(9-7-12)13-4-2-3-5-14(13)17/h12-14,17H,2-11H2,1H3/t13-,14-/m1/s1. The van der Waals surface area contributed by atoms with E-state index in [1.165, 1.54) is 12.8 Å². The van der Waals surface area contributed by atoms with Crippen LogP contribution in [0.5, 0.6) is 0 Å². The van der Waals surface area contributed by atoms with Gasteiger partial charge in [-0.3, -0.25) is 4.90 Å². The molecule has 2 aliphatic heterocycles. The highest BCUT2D eigenvalue weighted by atomic mass is 16.7. The smallest absolute Gasteiger partial charge is 0.168 e. The van der Waals surface area contributed by atoms with Crippen LogP contribution in [0.2, 0.25) is 0 Å². The minimum atomic E-state index is -0.350. The first-order valence-electron chi connectivity index (χ1n) is 7.89. The lowest BCUT2D eigenvalue weighted by molar-refractivity contribution is -0.192. The molecule has 2 atom stereocenters. The first-order chi connectivity index (χ1) is 9.19. The maximum absolute atomic E-state index is 10.2. The second-order valence-electron chi connectivity index (χ2n) is 6.44. The van der Waals surface area contributed by atoms with E-state index in [-0.39, 0.29) is 11.9 Å². The maximum Gasteiger partial charge on any atom is 0.168 e. The number of rotatable bonds is 2. The topological polar surface area (TPSA) is 41.9 Å². The molecule has 0 amide bonds. The number of hydrogen-bond donors (Lipinski definition) is 1. The van der Waals surface area contributed by atoms with Gasteiger partial charge in [0.05, 0.1) is 19.3 Å². The van der Waals surface area contributed by atoms with E-state index in [4.69, 9.17) is 9.47 Å². The summed E-state index contributed by atoms with van der Waals surface area (Å²) in [7, 11) is 0. The molecule has 0 unspecified atom stereocenters. The molecule has 1 aliphatic carbocycles. The zero-order valence-corrected chi connectivity index (χ0v) is 12.0. The van der Waals surface area contributed by atoms with E-state index < -0.39 is 0 Å². The van der Waals surface area contributed by atoms with E-state index in [9.17, 15) is 5.11 Å². The highest BCUT2D eigenvalue weighted by Crippen LogP contribution is 2.36. The van der Waals surface area contributed by atoms with Crippen molar-refractivity contribution in [2.24, 2.45) is 5.92 Å². The molecule has 0 aromatic carbocycles. The number of aliphatic hydroxyl groups is 1. The first-order valence-corrected chi connectivity index (χ1v) is 7.89. The number of piperidine rings is 1. The molecule has 1 N–H and O–H groups in total. The van der Waals surface area contributed by atoms with Gasteiger partial charge in [-0.15, -0.1) is 0 Å². The molecule has 0 spiro atoms. The van der Waals surface area contributed by atoms with Gasteiger partial charge in [0.1, 0.15) is 0 Å². The van der Waals surface area contributed by atoms with Crippen molar-refractivity contribution in [3.63, 3.8) is 0 Å². The third kappa shape index (κ3) is 2.82. The van der Waals surface area contributed by atoms with Crippen molar-refractivity contribution in [1.29, 1.82) is 0 Å². The molecule has 2 heterocycles. The molecule has 19 heavy (non-hydrogen) atoms. The SMILES string of the molecule is CC1(C2CCN([C@@H]3CCCC[C@H]3O)CC2)OCCO1. The third-order valence-electron chi connectivity index (χ3n) is 5.29. The number of aliphatic hydroxyl groups excluding tert-OH is 1. The van der Waals surface area contributed by atoms with E-state index in [0.717, 1.165) is 52.0 Å². The molecule has 0 radical (unpaired) electrons. The minimum Gasteiger partial charge on any atom is -0.391 e. The van der Waals surface area contributed by atoms with Crippen molar-refractivity contribution in [3.05, 3.63) is 0 Å². The fourth-order valence-corrected chi connectivity index (χ4v) is 4.04. The van der Waals surface area contributed by atoms with Gasteiger partial charge in [0, 0.05) is 12.0 Å². The van der Waals surface area contributed by atoms with Gasteiger partial charge < -0.3 is 14.6 Å². The van der Waals surface area contributed by atoms with Gasteiger partial charge >= 0.3 is 0 Å². The molecule has 3 rings (SSSR count). The van der Waals surface area contributed by atoms with Crippen LogP contribution in [0.3, 0.4) is 0 Å². The summed E-state index contributed by atoms with van der Waals surface area (Å²) in [4.78, 5) is 2.50. The fraction of sp³-hybridized carbons (Fsp3) is 1.00. The Bertz CT molecular complexity index is 296. The van der Waals surface area contributed by atoms with Crippen molar-refractivity contribution < 1.29 is 14.6 Å². The van der Waals surface area contributed by atoms with E-state index in [2.05, 4.69) is 11.8 Å². The number of hydrogen-bond acceptors (Lipinski definition) is 4. The molecule has 1 saturated carbocycles. The number of likely N-dealkylation sites (tertiary alicyclic amines) is 1. The molecule has 0 aromatic heterocycles. The van der Waals surface area contributed by atoms with Crippen molar-refractivity contribution in [2.45, 2.75) is 63.4 Å². The molecule has 110 valence electrons. The van der Waals surface area contributed by atoms with Gasteiger partial charge in [0.2, 0.25) is 0 Å². The Balaban J connectivity index is 1.54. The molecular weight excluding hydrogens is 242 g/mol. The monoisotopic (exact) mass is 269 g/mol. The largest absolute Gasteiger partial charge is 0.391 e. The molecular formula is C15H27NO3. The predicted molar refractivity (Wildman–Crippen MR) is 72.9 cm³/mol. The normalized spacial score (nSPS) is 37.6. The average molecular weight is 269 g/mol. The minimum absolute atomic E-state index is 0.111. The molecule has 3 aliphatic rings. The Morgan fingerprint density at radius 1 is 1.00 bits per heavy atom. The maximum atomic E-state index is 10.2. The Kier molecular flexibility index (Phi) is 4.13. The average Bonchev–Trinajstić information content (AvgIpc) is 2.88. The lowest BCUT2D eigenvalue weighted by Gasteiger charge is -2.44. The van der Waals surface area contributed by atoms with Crippen LogP contribution in [0.4, 0.5) is 0 Å². The van der Waals surface area contributed by atoms with Crippen LogP contribution >= 0.6 is 0 Å². The van der Waals surface area contributed by atoms with Crippen LogP contribution < -0.4 is 0 Å². The van der Waals surface area contributed by atoms with Crippen LogP contribution in [-0.2, 0) is 9.47 Å². The summed E-state index contributed by atoms with van der Waals surface area (Å²) in [6.45, 7) is 5.72. The zero-order valence-electron chi connectivity index (χ0n) is 12.0. The molecule has 0 bridgehead atoms. The summed E-state index contributed by atoms with van der Waals surface area (Å²) in [5.41, 5.74) is 0. The van der Waals surface area contributed by atoms with Crippen LogP contribution in [0.25, 0.3) is 0 Å². The van der Waals surface area contributed by atoms with Crippen LogP contribution in [0.1, 0.15) is 45.4 Å². The summed E-state index contributed by atoms with van der Waals surface area (Å²) < 4.78 is 11.6.